The first-order chi connectivity index (χ1) is 20.0. The fourth-order valence-electron chi connectivity index (χ4n) is 5.49. The lowest BCUT2D eigenvalue weighted by atomic mass is 9.94. The predicted molar refractivity (Wildman–Crippen MR) is 164 cm³/mol. The van der Waals surface area contributed by atoms with E-state index in [0.717, 1.165) is 59.4 Å². The van der Waals surface area contributed by atoms with Crippen molar-refractivity contribution in [1.82, 2.24) is 10.2 Å². The van der Waals surface area contributed by atoms with E-state index in [1.54, 1.807) is 24.3 Å². The van der Waals surface area contributed by atoms with Crippen molar-refractivity contribution in [2.75, 3.05) is 17.1 Å². The van der Waals surface area contributed by atoms with Gasteiger partial charge in [-0.1, -0.05) is 73.9 Å². The number of sulfonamides is 1. The van der Waals surface area contributed by atoms with Gasteiger partial charge in [0, 0.05) is 19.0 Å². The van der Waals surface area contributed by atoms with Crippen molar-refractivity contribution in [1.29, 1.82) is 0 Å². The lowest BCUT2D eigenvalue weighted by Gasteiger charge is -2.35. The van der Waals surface area contributed by atoms with Gasteiger partial charge in [-0.2, -0.15) is 0 Å². The maximum Gasteiger partial charge on any atom is 0.244 e. The van der Waals surface area contributed by atoms with Crippen LogP contribution in [0.5, 0.6) is 0 Å². The molecular weight excluding hydrogens is 553 g/mol. The quantitative estimate of drug-likeness (QED) is 0.327. The molecule has 0 saturated heterocycles. The van der Waals surface area contributed by atoms with E-state index in [9.17, 15) is 22.4 Å². The molecule has 0 aromatic heterocycles. The molecule has 1 fully saturated rings. The monoisotopic (exact) mass is 593 g/mol. The minimum absolute atomic E-state index is 0.0130. The normalized spacial score (nSPS) is 14.7. The zero-order valence-electron chi connectivity index (χ0n) is 24.6. The molecule has 4 rings (SSSR count). The molecule has 0 aliphatic heterocycles. The van der Waals surface area contributed by atoms with Gasteiger partial charge in [-0.25, -0.2) is 12.8 Å². The van der Waals surface area contributed by atoms with E-state index in [1.807, 2.05) is 50.2 Å². The van der Waals surface area contributed by atoms with Crippen molar-refractivity contribution in [2.24, 2.45) is 0 Å². The summed E-state index contributed by atoms with van der Waals surface area (Å²) < 4.78 is 40.9. The lowest BCUT2D eigenvalue weighted by molar-refractivity contribution is -0.140. The van der Waals surface area contributed by atoms with Crippen molar-refractivity contribution in [3.05, 3.63) is 101 Å². The Morgan fingerprint density at radius 3 is 2.21 bits per heavy atom. The standard InChI is InChI=1S/C33H40FN3O4S/c1-24-11-10-16-30(25(24)2)37(42(3,40)41)23-32(38)36(22-27-17-19-28(34)20-18-27)31(21-26-12-6-4-7-13-26)33(39)35-29-14-8-5-9-15-29/h4,6-7,10-13,16-20,29,31H,5,8-9,14-15,21-23H2,1-3H3,(H,35,39)/t31-/m0/s1. The van der Waals surface area contributed by atoms with E-state index in [1.165, 1.54) is 17.0 Å². The highest BCUT2D eigenvalue weighted by molar-refractivity contribution is 7.92. The van der Waals surface area contributed by atoms with Crippen LogP contribution in [0, 0.1) is 19.7 Å². The van der Waals surface area contributed by atoms with Gasteiger partial charge in [0.05, 0.1) is 11.9 Å². The number of nitrogens with one attached hydrogen (secondary N) is 1. The molecular formula is C33H40FN3O4S. The second-order valence-electron chi connectivity index (χ2n) is 11.2. The second kappa shape index (κ2) is 14.0. The van der Waals surface area contributed by atoms with Crippen LogP contribution < -0.4 is 9.62 Å². The highest BCUT2D eigenvalue weighted by Gasteiger charge is 2.34. The smallest absolute Gasteiger partial charge is 0.244 e. The molecule has 0 radical (unpaired) electrons. The molecule has 1 atom stereocenters. The Morgan fingerprint density at radius 1 is 0.905 bits per heavy atom. The van der Waals surface area contributed by atoms with Crippen molar-refractivity contribution in [3.8, 4) is 0 Å². The van der Waals surface area contributed by atoms with Crippen LogP contribution in [0.25, 0.3) is 0 Å². The summed E-state index contributed by atoms with van der Waals surface area (Å²) in [5.41, 5.74) is 3.56. The molecule has 0 bridgehead atoms. The molecule has 1 aliphatic carbocycles. The third-order valence-electron chi connectivity index (χ3n) is 8.01. The number of carbonyl (C=O) groups excluding carboxylic acids is 2. The number of anilines is 1. The summed E-state index contributed by atoms with van der Waals surface area (Å²) in [7, 11) is -3.86. The summed E-state index contributed by atoms with van der Waals surface area (Å²) in [4.78, 5) is 29.6. The van der Waals surface area contributed by atoms with Gasteiger partial charge in [-0.15, -0.1) is 0 Å². The highest BCUT2D eigenvalue weighted by atomic mass is 32.2. The first kappa shape index (κ1) is 31.2. The number of halogens is 1. The number of carbonyl (C=O) groups is 2. The van der Waals surface area contributed by atoms with Crippen molar-refractivity contribution in [3.63, 3.8) is 0 Å². The molecule has 9 heteroatoms. The van der Waals surface area contributed by atoms with Crippen molar-refractivity contribution >= 4 is 27.5 Å². The van der Waals surface area contributed by atoms with E-state index in [4.69, 9.17) is 0 Å². The largest absolute Gasteiger partial charge is 0.352 e. The van der Waals surface area contributed by atoms with E-state index >= 15 is 0 Å². The van der Waals surface area contributed by atoms with Gasteiger partial charge in [0.1, 0.15) is 18.4 Å². The van der Waals surface area contributed by atoms with Gasteiger partial charge in [0.2, 0.25) is 21.8 Å². The molecule has 224 valence electrons. The maximum absolute atomic E-state index is 14.2. The Morgan fingerprint density at radius 2 is 1.57 bits per heavy atom. The Balaban J connectivity index is 1.73. The number of aryl methyl sites for hydroxylation is 1. The van der Waals surface area contributed by atoms with Gasteiger partial charge >= 0.3 is 0 Å². The van der Waals surface area contributed by atoms with Gasteiger partial charge < -0.3 is 10.2 Å². The minimum Gasteiger partial charge on any atom is -0.352 e. The molecule has 7 nitrogen and oxygen atoms in total. The zero-order chi connectivity index (χ0) is 30.3. The number of hydrogen-bond donors (Lipinski definition) is 1. The highest BCUT2D eigenvalue weighted by Crippen LogP contribution is 2.26. The van der Waals surface area contributed by atoms with Gasteiger partial charge in [-0.3, -0.25) is 13.9 Å². The van der Waals surface area contributed by atoms with Crippen LogP contribution in [-0.4, -0.2) is 50.0 Å². The summed E-state index contributed by atoms with van der Waals surface area (Å²) in [5, 5.41) is 3.18. The van der Waals surface area contributed by atoms with E-state index < -0.39 is 34.3 Å². The Hall–Kier alpha value is -3.72. The summed E-state index contributed by atoms with van der Waals surface area (Å²) in [5.74, 6) is -1.21. The summed E-state index contributed by atoms with van der Waals surface area (Å²) in [6.07, 6.45) is 6.28. The van der Waals surface area contributed by atoms with Gasteiger partial charge in [-0.05, 0) is 67.1 Å². The Bertz CT molecular complexity index is 1470. The zero-order valence-corrected chi connectivity index (χ0v) is 25.4. The summed E-state index contributed by atoms with van der Waals surface area (Å²) >= 11 is 0. The van der Waals surface area contributed by atoms with E-state index in [0.29, 0.717) is 11.3 Å². The summed E-state index contributed by atoms with van der Waals surface area (Å²) in [6, 6.07) is 19.7. The number of hydrogen-bond acceptors (Lipinski definition) is 4. The lowest BCUT2D eigenvalue weighted by Crippen LogP contribution is -2.55. The molecule has 1 saturated carbocycles. The third-order valence-corrected chi connectivity index (χ3v) is 9.14. The molecule has 0 spiro atoms. The summed E-state index contributed by atoms with van der Waals surface area (Å²) in [6.45, 7) is 3.23. The Labute approximate surface area is 248 Å². The number of amides is 2. The topological polar surface area (TPSA) is 86.8 Å². The molecule has 3 aromatic carbocycles. The second-order valence-corrected chi connectivity index (χ2v) is 13.1. The average Bonchev–Trinajstić information content (AvgIpc) is 2.96. The molecule has 1 aliphatic rings. The van der Waals surface area contributed by atoms with Crippen LogP contribution >= 0.6 is 0 Å². The molecule has 2 amide bonds. The first-order valence-electron chi connectivity index (χ1n) is 14.4. The molecule has 0 heterocycles. The van der Waals surface area contributed by atoms with E-state index in [2.05, 4.69) is 5.32 Å². The Kier molecular flexibility index (Phi) is 10.4. The molecule has 0 unspecified atom stereocenters. The molecule has 42 heavy (non-hydrogen) atoms. The maximum atomic E-state index is 14.2. The minimum atomic E-state index is -3.86. The predicted octanol–water partition coefficient (Wildman–Crippen LogP) is 5.30. The van der Waals surface area contributed by atoms with Crippen molar-refractivity contribution < 1.29 is 22.4 Å². The number of benzene rings is 3. The first-order valence-corrected chi connectivity index (χ1v) is 16.3. The van der Waals surface area contributed by atoms with Crippen molar-refractivity contribution in [2.45, 2.75) is 71.0 Å². The number of nitrogens with zero attached hydrogens (tertiary/aromatic N) is 2. The molecule has 1 N–H and O–H groups in total. The fraction of sp³-hybridized carbons (Fsp3) is 0.394. The average molecular weight is 594 g/mol. The van der Waals surface area contributed by atoms with Gasteiger partial charge in [0.25, 0.3) is 0 Å². The van der Waals surface area contributed by atoms with Crippen LogP contribution in [0.2, 0.25) is 0 Å². The van der Waals surface area contributed by atoms with Crippen LogP contribution in [0.3, 0.4) is 0 Å². The van der Waals surface area contributed by atoms with Gasteiger partial charge in [0.15, 0.2) is 0 Å². The SMILES string of the molecule is Cc1cccc(N(CC(=O)N(Cc2ccc(F)cc2)[C@@H](Cc2ccccc2)C(=O)NC2CCCCC2)S(C)(=O)=O)c1C. The van der Waals surface area contributed by atoms with Crippen LogP contribution in [0.15, 0.2) is 72.8 Å². The third kappa shape index (κ3) is 8.18. The fourth-order valence-corrected chi connectivity index (χ4v) is 6.39. The number of rotatable bonds is 11. The van der Waals surface area contributed by atoms with Crippen LogP contribution in [0.1, 0.15) is 54.4 Å². The van der Waals surface area contributed by atoms with Crippen LogP contribution in [-0.2, 0) is 32.6 Å². The van der Waals surface area contributed by atoms with E-state index in [-0.39, 0.29) is 24.9 Å². The molecule has 3 aromatic rings. The van der Waals surface area contributed by atoms with Crippen LogP contribution in [0.4, 0.5) is 10.1 Å².